The fourth-order valence-corrected chi connectivity index (χ4v) is 5.26. The summed E-state index contributed by atoms with van der Waals surface area (Å²) in [5.74, 6) is 3.44. The second-order valence-corrected chi connectivity index (χ2v) is 17.4. The number of ether oxygens (including phenoxy) is 4. The van der Waals surface area contributed by atoms with E-state index in [1.807, 2.05) is 19.1 Å². The summed E-state index contributed by atoms with van der Waals surface area (Å²) in [5.41, 5.74) is 6.60. The fraction of sp³-hybridized carbons (Fsp3) is 0.435. The summed E-state index contributed by atoms with van der Waals surface area (Å²) in [6.45, 7) is 7.36. The van der Waals surface area contributed by atoms with E-state index in [4.69, 9.17) is 18.9 Å². The topological polar surface area (TPSA) is 41.4 Å². The van der Waals surface area contributed by atoms with Crippen molar-refractivity contribution >= 4 is 11.1 Å². The average molecular weight is 743 g/mol. The molecule has 294 valence electrons. The molecule has 0 saturated carbocycles. The van der Waals surface area contributed by atoms with E-state index in [9.17, 15) is 0 Å². The lowest BCUT2D eigenvalue weighted by Crippen LogP contribution is -3.02. The van der Waals surface area contributed by atoms with E-state index < -0.39 is 0 Å². The molecule has 0 atom stereocenters. The lowest BCUT2D eigenvalue weighted by atomic mass is 9.85. The van der Waals surface area contributed by atoms with E-state index in [0.717, 1.165) is 89.5 Å². The van der Waals surface area contributed by atoms with Gasteiger partial charge in [0.25, 0.3) is 0 Å². The number of likely N-dealkylation sites (N-methyl/N-ethyl adjacent to an activating group) is 3. The zero-order valence-electron chi connectivity index (χ0n) is 35.7. The number of benzene rings is 4. The second-order valence-electron chi connectivity index (χ2n) is 17.4. The molecule has 4 aromatic carbocycles. The zero-order valence-corrected chi connectivity index (χ0v) is 35.7. The monoisotopic (exact) mass is 743 g/mol. The highest BCUT2D eigenvalue weighted by atomic mass is 16.5. The van der Waals surface area contributed by atoms with Crippen molar-refractivity contribution < 1.29 is 37.3 Å². The van der Waals surface area contributed by atoms with Crippen molar-refractivity contribution in [3.63, 3.8) is 0 Å². The molecule has 0 saturated heterocycles. The lowest BCUT2D eigenvalue weighted by molar-refractivity contribution is -0.870. The Morgan fingerprint density at radius 3 is 0.778 bits per heavy atom. The highest BCUT2D eigenvalue weighted by Crippen LogP contribution is 2.39. The first-order chi connectivity index (χ1) is 25.3. The Morgan fingerprint density at radius 1 is 0.389 bits per heavy atom. The molecule has 0 heterocycles. The molecule has 4 aromatic rings. The summed E-state index contributed by atoms with van der Waals surface area (Å²) < 4.78 is 26.8. The Labute approximate surface area is 327 Å². The molecule has 8 heteroatoms. The predicted molar refractivity (Wildman–Crippen MR) is 226 cm³/mol. The molecular weight excluding hydrogens is 673 g/mol. The molecule has 8 nitrogen and oxygen atoms in total. The molecule has 0 spiro atoms. The number of rotatable bonds is 18. The van der Waals surface area contributed by atoms with Crippen LogP contribution >= 0.6 is 0 Å². The van der Waals surface area contributed by atoms with E-state index in [1.54, 1.807) is 0 Å². The first-order valence-corrected chi connectivity index (χ1v) is 19.2. The second kappa shape index (κ2) is 20.4. The van der Waals surface area contributed by atoms with Gasteiger partial charge in [0.2, 0.25) is 0 Å². The summed E-state index contributed by atoms with van der Waals surface area (Å²) in [6, 6.07) is 33.8. The van der Waals surface area contributed by atoms with E-state index in [1.165, 1.54) is 4.90 Å². The molecule has 1 N–H and O–H groups in total. The van der Waals surface area contributed by atoms with Crippen molar-refractivity contribution in [3.8, 4) is 23.0 Å². The van der Waals surface area contributed by atoms with Crippen molar-refractivity contribution in [3.05, 3.63) is 119 Å². The van der Waals surface area contributed by atoms with Crippen molar-refractivity contribution in [1.29, 1.82) is 0 Å². The minimum Gasteiger partial charge on any atom is -0.494 e. The van der Waals surface area contributed by atoms with Crippen molar-refractivity contribution in [2.24, 2.45) is 0 Å². The number of nitrogens with zero attached hydrogens (tertiary/aromatic N) is 3. The van der Waals surface area contributed by atoms with Crippen LogP contribution in [0.2, 0.25) is 0 Å². The zero-order chi connectivity index (χ0) is 39.9. The Bertz CT molecular complexity index is 1630. The van der Waals surface area contributed by atoms with Crippen molar-refractivity contribution in [1.82, 2.24) is 0 Å². The molecule has 0 fully saturated rings. The van der Waals surface area contributed by atoms with Crippen LogP contribution in [0, 0.1) is 0 Å². The van der Waals surface area contributed by atoms with Gasteiger partial charge >= 0.3 is 0 Å². The first-order valence-electron chi connectivity index (χ1n) is 19.2. The largest absolute Gasteiger partial charge is 0.494 e. The van der Waals surface area contributed by atoms with Crippen LogP contribution < -0.4 is 23.8 Å². The Kier molecular flexibility index (Phi) is 16.6. The normalized spacial score (nSPS) is 11.7. The van der Waals surface area contributed by atoms with E-state index >= 15 is 0 Å². The Balaban J connectivity index is 0.00000186. The van der Waals surface area contributed by atoms with Gasteiger partial charge in [-0.15, -0.1) is 0 Å². The summed E-state index contributed by atoms with van der Waals surface area (Å²) in [4.78, 5) is 1.42. The van der Waals surface area contributed by atoms with E-state index in [2.05, 4.69) is 170 Å². The molecule has 4 rings (SSSR count). The summed E-state index contributed by atoms with van der Waals surface area (Å²) in [7, 11) is 25.8. The van der Waals surface area contributed by atoms with Gasteiger partial charge in [0.15, 0.2) is 0 Å². The lowest BCUT2D eigenvalue weighted by Gasteiger charge is -2.24. The maximum Gasteiger partial charge on any atom is 0.137 e. The molecule has 0 amide bonds. The van der Waals surface area contributed by atoms with Crippen LogP contribution in [0.3, 0.4) is 0 Å². The predicted octanol–water partition coefficient (Wildman–Crippen LogP) is 6.11. The smallest absolute Gasteiger partial charge is 0.137 e. The highest BCUT2D eigenvalue weighted by molar-refractivity contribution is 6.04. The molecule has 0 radical (unpaired) electrons. The molecule has 54 heavy (non-hydrogen) atoms. The number of quaternary nitrogens is 4. The van der Waals surface area contributed by atoms with E-state index in [-0.39, 0.29) is 0 Å². The third kappa shape index (κ3) is 16.4. The van der Waals surface area contributed by atoms with Gasteiger partial charge < -0.3 is 37.3 Å². The van der Waals surface area contributed by atoms with Crippen LogP contribution in [-0.4, -0.2) is 144 Å². The van der Waals surface area contributed by atoms with Crippen LogP contribution in [-0.2, 0) is 0 Å². The van der Waals surface area contributed by atoms with Crippen LogP contribution in [0.15, 0.2) is 97.1 Å². The maximum atomic E-state index is 6.15. The van der Waals surface area contributed by atoms with Gasteiger partial charge in [0.1, 0.15) is 62.5 Å². The Morgan fingerprint density at radius 2 is 0.593 bits per heavy atom. The van der Waals surface area contributed by atoms with Gasteiger partial charge in [-0.05, 0) is 88.9 Å². The van der Waals surface area contributed by atoms with Crippen molar-refractivity contribution in [2.75, 3.05) is 131 Å². The molecule has 0 aliphatic rings. The average Bonchev–Trinajstić information content (AvgIpc) is 3.07. The summed E-state index contributed by atoms with van der Waals surface area (Å²) >= 11 is 0. The highest BCUT2D eigenvalue weighted by Gasteiger charge is 2.18. The number of nitrogens with one attached hydrogen (secondary N) is 1. The number of hydrogen-bond acceptors (Lipinski definition) is 4. The summed E-state index contributed by atoms with van der Waals surface area (Å²) in [5, 5.41) is 0. The molecule has 0 aliphatic carbocycles. The van der Waals surface area contributed by atoms with Crippen LogP contribution in [0.4, 0.5) is 0 Å². The van der Waals surface area contributed by atoms with Gasteiger partial charge in [-0.25, -0.2) is 0 Å². The van der Waals surface area contributed by atoms with Crippen molar-refractivity contribution in [2.45, 2.75) is 6.92 Å². The van der Waals surface area contributed by atoms with Gasteiger partial charge in [-0.3, -0.25) is 0 Å². The third-order valence-corrected chi connectivity index (χ3v) is 8.23. The fourth-order valence-electron chi connectivity index (χ4n) is 5.26. The van der Waals surface area contributed by atoms with Gasteiger partial charge in [0.05, 0.1) is 91.2 Å². The number of hydrogen-bond donors (Lipinski definition) is 1. The Hall–Kier alpha value is -4.34. The molecule has 0 bridgehead atoms. The van der Waals surface area contributed by atoms with Crippen LogP contribution in [0.1, 0.15) is 29.2 Å². The molecular formula is C46H70N4O4+4. The minimum absolute atomic E-state index is 0.620. The maximum absolute atomic E-state index is 6.15. The SMILES string of the molecule is CCOc1ccc(C(=C(c2ccc(OCC[N+](C)(C)C)cc2)c2ccc(OCC[N+](C)(C)C)cc2)c2ccc(OCC[N+](C)(C)C)cc2)cc1.C[NH+](C)C. The van der Waals surface area contributed by atoms with E-state index in [0.29, 0.717) is 26.4 Å². The molecule has 0 aromatic heterocycles. The molecule has 0 unspecified atom stereocenters. The van der Waals surface area contributed by atoms with Gasteiger partial charge in [-0.1, -0.05) is 48.5 Å². The quantitative estimate of drug-likeness (QED) is 0.0988. The molecule has 0 aliphatic heterocycles. The standard InChI is InChI=1S/C43H60N3O4.C3H9N/c1-11-47-38-20-12-34(13-21-38)42(35-14-22-39(23-15-35)48-31-28-44(2,3)4)43(36-16-24-40(25-17-36)49-32-29-45(5,6)7)37-18-26-41(27-19-37)50-33-30-46(8,9)10;1-4(2)3/h12-27H,11,28-33H2,1-10H3;1-3H3/q+3;/p+1. The van der Waals surface area contributed by atoms with Gasteiger partial charge in [0, 0.05) is 0 Å². The van der Waals surface area contributed by atoms with Crippen LogP contribution in [0.25, 0.3) is 11.1 Å². The van der Waals surface area contributed by atoms with Gasteiger partial charge in [-0.2, -0.15) is 0 Å². The minimum atomic E-state index is 0.620. The van der Waals surface area contributed by atoms with Crippen LogP contribution in [0.5, 0.6) is 23.0 Å². The first kappa shape index (κ1) is 44.1. The summed E-state index contributed by atoms with van der Waals surface area (Å²) in [6.07, 6.45) is 0. The third-order valence-electron chi connectivity index (χ3n) is 8.23.